The average molecular weight is 380 g/mol. The van der Waals surface area contributed by atoms with Crippen LogP contribution < -0.4 is 20.7 Å². The van der Waals surface area contributed by atoms with Crippen molar-refractivity contribution in [3.8, 4) is 5.75 Å². The molecule has 1 heterocycles. The molecule has 0 aliphatic carbocycles. The Morgan fingerprint density at radius 1 is 1.48 bits per heavy atom. The Kier molecular flexibility index (Phi) is 8.54. The number of nitrogens with one attached hydrogen (secondary N) is 3. The summed E-state index contributed by atoms with van der Waals surface area (Å²) in [7, 11) is 1.52. The molecule has 0 spiro atoms. The zero-order chi connectivity index (χ0) is 15.9. The average Bonchev–Trinajstić information content (AvgIpc) is 3.01. The summed E-state index contributed by atoms with van der Waals surface area (Å²) < 4.78 is 5.16. The lowest BCUT2D eigenvalue weighted by molar-refractivity contribution is -0.122. The Labute approximate surface area is 150 Å². The molecular formula is C14H19Cl2N3O3S. The summed E-state index contributed by atoms with van der Waals surface area (Å²) in [6.45, 7) is 0.288. The highest BCUT2D eigenvalue weighted by Crippen LogP contribution is 2.27. The third-order valence-corrected chi connectivity index (χ3v) is 4.29. The standard InChI is InChI=1S/C14H18ClN3O3S.ClH/c1-21-12-3-2-9(15)6-10(12)18-13(19)4-5-16-14(20)11-7-22-8-17-11;/h2-3,6,11,17H,4-5,7-8H2,1H3,(H,16,20)(H,18,19);1H. The summed E-state index contributed by atoms with van der Waals surface area (Å²) in [6, 6.07) is 4.82. The van der Waals surface area contributed by atoms with Gasteiger partial charge in [-0.25, -0.2) is 0 Å². The van der Waals surface area contributed by atoms with Crippen LogP contribution in [0.25, 0.3) is 0 Å². The van der Waals surface area contributed by atoms with E-state index in [2.05, 4.69) is 16.0 Å². The fourth-order valence-electron chi connectivity index (χ4n) is 1.98. The molecule has 23 heavy (non-hydrogen) atoms. The van der Waals surface area contributed by atoms with E-state index in [0.717, 1.165) is 11.6 Å². The van der Waals surface area contributed by atoms with Gasteiger partial charge in [0.25, 0.3) is 0 Å². The maximum atomic E-state index is 11.9. The van der Waals surface area contributed by atoms with Crippen molar-refractivity contribution in [1.29, 1.82) is 0 Å². The van der Waals surface area contributed by atoms with Gasteiger partial charge in [0.05, 0.1) is 18.8 Å². The Morgan fingerprint density at radius 3 is 2.91 bits per heavy atom. The lowest BCUT2D eigenvalue weighted by Crippen LogP contribution is -2.42. The first-order valence-electron chi connectivity index (χ1n) is 6.82. The van der Waals surface area contributed by atoms with Crippen LogP contribution in [0.4, 0.5) is 5.69 Å². The number of carbonyl (C=O) groups excluding carboxylic acids is 2. The number of ether oxygens (including phenoxy) is 1. The predicted octanol–water partition coefficient (Wildman–Crippen LogP) is 1.88. The summed E-state index contributed by atoms with van der Waals surface area (Å²) in [5.41, 5.74) is 0.514. The molecule has 2 rings (SSSR count). The highest BCUT2D eigenvalue weighted by atomic mass is 35.5. The van der Waals surface area contributed by atoms with Crippen LogP contribution in [0.5, 0.6) is 5.75 Å². The molecule has 1 aromatic carbocycles. The predicted molar refractivity (Wildman–Crippen MR) is 95.8 cm³/mol. The largest absolute Gasteiger partial charge is 0.495 e. The van der Waals surface area contributed by atoms with Crippen molar-refractivity contribution < 1.29 is 14.3 Å². The van der Waals surface area contributed by atoms with Gasteiger partial charge in [0.15, 0.2) is 0 Å². The van der Waals surface area contributed by atoms with Gasteiger partial charge in [-0.2, -0.15) is 0 Å². The van der Waals surface area contributed by atoms with Gasteiger partial charge in [-0.05, 0) is 18.2 Å². The molecule has 1 unspecified atom stereocenters. The number of thioether (sulfide) groups is 1. The van der Waals surface area contributed by atoms with E-state index in [4.69, 9.17) is 16.3 Å². The molecule has 1 aromatic rings. The molecule has 0 aromatic heterocycles. The first-order valence-corrected chi connectivity index (χ1v) is 8.35. The van der Waals surface area contributed by atoms with Gasteiger partial charge in [0.2, 0.25) is 11.8 Å². The second-order valence-electron chi connectivity index (χ2n) is 4.71. The number of methoxy groups -OCH3 is 1. The van der Waals surface area contributed by atoms with Crippen molar-refractivity contribution in [1.82, 2.24) is 10.6 Å². The number of carbonyl (C=O) groups is 2. The number of amides is 2. The zero-order valence-electron chi connectivity index (χ0n) is 12.6. The minimum absolute atomic E-state index is 0. The van der Waals surface area contributed by atoms with Crippen LogP contribution in [0.3, 0.4) is 0 Å². The van der Waals surface area contributed by atoms with Gasteiger partial charge in [0.1, 0.15) is 5.75 Å². The molecule has 3 N–H and O–H groups in total. The summed E-state index contributed by atoms with van der Waals surface area (Å²) in [4.78, 5) is 23.7. The maximum absolute atomic E-state index is 11.9. The van der Waals surface area contributed by atoms with Crippen LogP contribution >= 0.6 is 35.8 Å². The van der Waals surface area contributed by atoms with Gasteiger partial charge in [0, 0.05) is 29.6 Å². The van der Waals surface area contributed by atoms with Gasteiger partial charge in [-0.15, -0.1) is 24.2 Å². The first-order chi connectivity index (χ1) is 10.6. The summed E-state index contributed by atoms with van der Waals surface area (Å²) >= 11 is 7.58. The minimum atomic E-state index is -0.213. The molecule has 9 heteroatoms. The molecule has 1 fully saturated rings. The van der Waals surface area contributed by atoms with E-state index in [1.807, 2.05) is 0 Å². The molecule has 1 aliphatic heterocycles. The molecule has 6 nitrogen and oxygen atoms in total. The first kappa shape index (κ1) is 19.9. The van der Waals surface area contributed by atoms with E-state index in [9.17, 15) is 9.59 Å². The minimum Gasteiger partial charge on any atom is -0.495 e. The smallest absolute Gasteiger partial charge is 0.238 e. The zero-order valence-corrected chi connectivity index (χ0v) is 14.9. The van der Waals surface area contributed by atoms with Crippen LogP contribution in [0.15, 0.2) is 18.2 Å². The Bertz CT molecular complexity index is 554. The summed E-state index contributed by atoms with van der Waals surface area (Å²) in [5.74, 6) is 1.80. The van der Waals surface area contributed by atoms with Gasteiger partial charge >= 0.3 is 0 Å². The van der Waals surface area contributed by atoms with Crippen molar-refractivity contribution in [3.05, 3.63) is 23.2 Å². The SMILES string of the molecule is COc1ccc(Cl)cc1NC(=O)CCNC(=O)C1CSCN1.Cl. The molecule has 1 saturated heterocycles. The Morgan fingerprint density at radius 2 is 2.26 bits per heavy atom. The fourth-order valence-corrected chi connectivity index (χ4v) is 3.09. The van der Waals surface area contributed by atoms with Gasteiger partial charge < -0.3 is 15.4 Å². The summed E-state index contributed by atoms with van der Waals surface area (Å²) in [6.07, 6.45) is 0.182. The second-order valence-corrected chi connectivity index (χ2v) is 6.17. The lowest BCUT2D eigenvalue weighted by atomic mass is 10.2. The van der Waals surface area contributed by atoms with E-state index in [1.54, 1.807) is 30.0 Å². The Balaban J connectivity index is 0.00000264. The fraction of sp³-hybridized carbons (Fsp3) is 0.429. The highest BCUT2D eigenvalue weighted by Gasteiger charge is 2.22. The van der Waals surface area contributed by atoms with Crippen molar-refractivity contribution >= 4 is 53.3 Å². The van der Waals surface area contributed by atoms with Crippen LogP contribution in [0, 0.1) is 0 Å². The molecule has 1 atom stereocenters. The van der Waals surface area contributed by atoms with E-state index in [1.165, 1.54) is 7.11 Å². The van der Waals surface area contributed by atoms with Crippen molar-refractivity contribution in [3.63, 3.8) is 0 Å². The third kappa shape index (κ3) is 6.10. The number of hydrogen-bond acceptors (Lipinski definition) is 5. The van der Waals surface area contributed by atoms with Crippen molar-refractivity contribution in [2.24, 2.45) is 0 Å². The van der Waals surface area contributed by atoms with Crippen LogP contribution in [-0.2, 0) is 9.59 Å². The van der Waals surface area contributed by atoms with Crippen LogP contribution in [0.2, 0.25) is 5.02 Å². The molecule has 0 bridgehead atoms. The maximum Gasteiger partial charge on any atom is 0.238 e. The number of halogens is 2. The summed E-state index contributed by atoms with van der Waals surface area (Å²) in [5, 5.41) is 9.06. The normalized spacial score (nSPS) is 16.3. The van der Waals surface area contributed by atoms with Crippen molar-refractivity contribution in [2.75, 3.05) is 30.6 Å². The third-order valence-electron chi connectivity index (χ3n) is 3.12. The number of hydrogen-bond donors (Lipinski definition) is 3. The number of anilines is 1. The monoisotopic (exact) mass is 379 g/mol. The molecule has 0 radical (unpaired) electrons. The lowest BCUT2D eigenvalue weighted by Gasteiger charge is -2.12. The van der Waals surface area contributed by atoms with Crippen LogP contribution in [-0.4, -0.2) is 43.1 Å². The number of benzene rings is 1. The number of rotatable bonds is 6. The van der Waals surface area contributed by atoms with E-state index < -0.39 is 0 Å². The van der Waals surface area contributed by atoms with Gasteiger partial charge in [-0.3, -0.25) is 14.9 Å². The highest BCUT2D eigenvalue weighted by molar-refractivity contribution is 7.99. The topological polar surface area (TPSA) is 79.5 Å². The van der Waals surface area contributed by atoms with E-state index in [0.29, 0.717) is 16.5 Å². The molecule has 0 saturated carbocycles. The molecular weight excluding hydrogens is 361 g/mol. The molecule has 2 amide bonds. The Hall–Kier alpha value is -1.15. The molecule has 1 aliphatic rings. The second kappa shape index (κ2) is 9.87. The van der Waals surface area contributed by atoms with Gasteiger partial charge in [-0.1, -0.05) is 11.6 Å². The molecule has 128 valence electrons. The quantitative estimate of drug-likeness (QED) is 0.702. The van der Waals surface area contributed by atoms with Crippen LogP contribution in [0.1, 0.15) is 6.42 Å². The van der Waals surface area contributed by atoms with Crippen molar-refractivity contribution in [2.45, 2.75) is 12.5 Å². The van der Waals surface area contributed by atoms with E-state index in [-0.39, 0.29) is 43.2 Å². The van der Waals surface area contributed by atoms with E-state index >= 15 is 0 Å².